The van der Waals surface area contributed by atoms with Gasteiger partial charge in [0.25, 0.3) is 7.82 Å². The van der Waals surface area contributed by atoms with Crippen molar-refractivity contribution in [2.24, 2.45) is 0 Å². The number of aliphatic hydroxyl groups excluding tert-OH is 1. The van der Waals surface area contributed by atoms with Gasteiger partial charge in [-0.15, -0.1) is 0 Å². The van der Waals surface area contributed by atoms with Gasteiger partial charge in [0.2, 0.25) is 5.91 Å². The first kappa shape index (κ1) is 44.5. The van der Waals surface area contributed by atoms with Crippen molar-refractivity contribution >= 4 is 13.7 Å². The molecule has 270 valence electrons. The highest BCUT2D eigenvalue weighted by Gasteiger charge is 2.24. The minimum Gasteiger partial charge on any atom is -0.756 e. The highest BCUT2D eigenvalue weighted by Crippen LogP contribution is 2.38. The van der Waals surface area contributed by atoms with Crippen LogP contribution in [0.5, 0.6) is 0 Å². The zero-order valence-electron chi connectivity index (χ0n) is 30.3. The highest BCUT2D eigenvalue weighted by molar-refractivity contribution is 7.45. The molecule has 0 heterocycles. The molecular formula is C36H75N2O6P. The molecule has 0 aromatic carbocycles. The summed E-state index contributed by atoms with van der Waals surface area (Å²) in [5, 5.41) is 13.8. The van der Waals surface area contributed by atoms with Crippen molar-refractivity contribution in [3.63, 3.8) is 0 Å². The topological polar surface area (TPSA) is 108 Å². The third kappa shape index (κ3) is 31.8. The summed E-state index contributed by atoms with van der Waals surface area (Å²) in [5.41, 5.74) is 0. The molecule has 0 aromatic heterocycles. The quantitative estimate of drug-likeness (QED) is 0.0405. The van der Waals surface area contributed by atoms with E-state index in [2.05, 4.69) is 19.2 Å². The number of carbonyl (C=O) groups excluding carboxylic acids is 1. The van der Waals surface area contributed by atoms with E-state index >= 15 is 0 Å². The second kappa shape index (κ2) is 29.6. The van der Waals surface area contributed by atoms with Gasteiger partial charge in [-0.1, -0.05) is 155 Å². The number of phosphoric ester groups is 1. The van der Waals surface area contributed by atoms with E-state index in [1.165, 1.54) is 109 Å². The number of hydrogen-bond acceptors (Lipinski definition) is 6. The van der Waals surface area contributed by atoms with E-state index in [1.54, 1.807) is 0 Å². The van der Waals surface area contributed by atoms with Gasteiger partial charge in [0.15, 0.2) is 0 Å². The second-order valence-electron chi connectivity index (χ2n) is 14.3. The zero-order valence-corrected chi connectivity index (χ0v) is 31.2. The van der Waals surface area contributed by atoms with Gasteiger partial charge < -0.3 is 28.8 Å². The fourth-order valence-electron chi connectivity index (χ4n) is 5.51. The molecule has 0 spiro atoms. The van der Waals surface area contributed by atoms with Gasteiger partial charge >= 0.3 is 0 Å². The predicted molar refractivity (Wildman–Crippen MR) is 187 cm³/mol. The molecule has 1 unspecified atom stereocenters. The van der Waals surface area contributed by atoms with Gasteiger partial charge in [0.05, 0.1) is 39.9 Å². The van der Waals surface area contributed by atoms with Gasteiger partial charge in [-0.05, 0) is 12.8 Å². The van der Waals surface area contributed by atoms with Crippen LogP contribution >= 0.6 is 7.82 Å². The molecule has 0 aliphatic carbocycles. The summed E-state index contributed by atoms with van der Waals surface area (Å²) in [6.45, 7) is 4.68. The number of hydrogen-bond donors (Lipinski definition) is 2. The number of amides is 1. The average Bonchev–Trinajstić information content (AvgIpc) is 2.97. The van der Waals surface area contributed by atoms with Crippen molar-refractivity contribution in [1.82, 2.24) is 5.32 Å². The lowest BCUT2D eigenvalue weighted by molar-refractivity contribution is -0.870. The van der Waals surface area contributed by atoms with Gasteiger partial charge in [-0.3, -0.25) is 9.36 Å². The fourth-order valence-corrected chi connectivity index (χ4v) is 6.23. The maximum absolute atomic E-state index is 12.7. The van der Waals surface area contributed by atoms with Crippen LogP contribution in [0.2, 0.25) is 0 Å². The number of rotatable bonds is 34. The molecule has 0 saturated heterocycles. The molecule has 0 aromatic rings. The fraction of sp³-hybridized carbons (Fsp3) is 0.972. The number of unbranched alkanes of at least 4 members (excludes halogenated alkanes) is 21. The van der Waals surface area contributed by atoms with Crippen LogP contribution in [0.25, 0.3) is 0 Å². The Morgan fingerprint density at radius 1 is 0.689 bits per heavy atom. The number of nitrogens with one attached hydrogen (secondary N) is 1. The van der Waals surface area contributed by atoms with E-state index in [1.807, 2.05) is 21.1 Å². The molecule has 0 rings (SSSR count). The summed E-state index contributed by atoms with van der Waals surface area (Å²) < 4.78 is 23.1. The van der Waals surface area contributed by atoms with Crippen LogP contribution in [-0.2, 0) is 18.4 Å². The van der Waals surface area contributed by atoms with Crippen molar-refractivity contribution < 1.29 is 32.9 Å². The van der Waals surface area contributed by atoms with E-state index in [-0.39, 0.29) is 19.1 Å². The Hall–Kier alpha value is -0.500. The summed E-state index contributed by atoms with van der Waals surface area (Å²) in [4.78, 5) is 25.1. The third-order valence-electron chi connectivity index (χ3n) is 8.60. The van der Waals surface area contributed by atoms with Gasteiger partial charge in [-0.2, -0.15) is 0 Å². The molecule has 0 aliphatic rings. The van der Waals surface area contributed by atoms with Crippen LogP contribution in [0.4, 0.5) is 0 Å². The number of likely N-dealkylation sites (N-methyl/N-ethyl adjacent to an activating group) is 1. The van der Waals surface area contributed by atoms with Crippen molar-refractivity contribution in [3.8, 4) is 0 Å². The molecular weight excluding hydrogens is 587 g/mol. The van der Waals surface area contributed by atoms with E-state index < -0.39 is 20.0 Å². The summed E-state index contributed by atoms with van der Waals surface area (Å²) in [5.74, 6) is -0.166. The first-order valence-electron chi connectivity index (χ1n) is 18.9. The Morgan fingerprint density at radius 3 is 1.51 bits per heavy atom. The molecule has 2 N–H and O–H groups in total. The van der Waals surface area contributed by atoms with Crippen LogP contribution in [0.15, 0.2) is 0 Å². The van der Waals surface area contributed by atoms with E-state index in [9.17, 15) is 19.4 Å². The van der Waals surface area contributed by atoms with Crippen LogP contribution in [0.1, 0.15) is 174 Å². The number of carbonyl (C=O) groups is 1. The van der Waals surface area contributed by atoms with Crippen LogP contribution in [0.3, 0.4) is 0 Å². The molecule has 0 bridgehead atoms. The van der Waals surface area contributed by atoms with E-state index in [0.29, 0.717) is 23.9 Å². The van der Waals surface area contributed by atoms with Gasteiger partial charge in [0, 0.05) is 6.42 Å². The molecule has 1 amide bonds. The summed E-state index contributed by atoms with van der Waals surface area (Å²) in [6, 6.07) is -0.789. The molecule has 45 heavy (non-hydrogen) atoms. The first-order valence-corrected chi connectivity index (χ1v) is 20.3. The maximum atomic E-state index is 12.7. The second-order valence-corrected chi connectivity index (χ2v) is 15.7. The number of aliphatic hydroxyl groups is 1. The normalized spacial score (nSPS) is 14.7. The predicted octanol–water partition coefficient (Wildman–Crippen LogP) is 8.83. The Balaban J connectivity index is 4.41. The lowest BCUT2D eigenvalue weighted by Crippen LogP contribution is -2.46. The van der Waals surface area contributed by atoms with Gasteiger partial charge in [-0.25, -0.2) is 0 Å². The summed E-state index contributed by atoms with van der Waals surface area (Å²) >= 11 is 0. The largest absolute Gasteiger partial charge is 0.756 e. The minimum atomic E-state index is -4.54. The van der Waals surface area contributed by atoms with E-state index in [4.69, 9.17) is 9.05 Å². The standard InChI is InChI=1S/C36H75N2O6P/c1-6-8-10-12-14-16-17-18-19-20-22-24-26-28-30-36(40)37-34(33-44-45(41,42)43-32-31-38(3,4)5)35(39)29-27-25-23-21-15-13-11-9-7-2/h34-35,39H,6-33H2,1-5H3,(H-,37,40,41,42)/t34-,35+/m0/s1. The number of quaternary nitrogens is 1. The van der Waals surface area contributed by atoms with Crippen LogP contribution < -0.4 is 10.2 Å². The van der Waals surface area contributed by atoms with Gasteiger partial charge in [0.1, 0.15) is 13.2 Å². The van der Waals surface area contributed by atoms with Crippen molar-refractivity contribution in [1.29, 1.82) is 0 Å². The summed E-state index contributed by atoms with van der Waals surface area (Å²) in [6.07, 6.45) is 28.1. The van der Waals surface area contributed by atoms with Crippen molar-refractivity contribution in [2.45, 2.75) is 187 Å². The Bertz CT molecular complexity index is 718. The third-order valence-corrected chi connectivity index (χ3v) is 9.56. The number of nitrogens with zero attached hydrogens (tertiary/aromatic N) is 1. The Morgan fingerprint density at radius 2 is 1.09 bits per heavy atom. The highest BCUT2D eigenvalue weighted by atomic mass is 31.2. The van der Waals surface area contributed by atoms with Crippen LogP contribution in [0, 0.1) is 0 Å². The molecule has 0 fully saturated rings. The van der Waals surface area contributed by atoms with Crippen molar-refractivity contribution in [3.05, 3.63) is 0 Å². The SMILES string of the molecule is CCCCCCCCCCCCCCCCC(=O)N[C@@H](COP(=O)([O-])OCC[N+](C)(C)C)[C@H](O)CCCCCCCCCCC. The average molecular weight is 663 g/mol. The molecule has 3 atom stereocenters. The molecule has 0 aliphatic heterocycles. The zero-order chi connectivity index (χ0) is 33.7. The number of phosphoric acid groups is 1. The smallest absolute Gasteiger partial charge is 0.268 e. The van der Waals surface area contributed by atoms with E-state index in [0.717, 1.165) is 38.5 Å². The Labute approximate surface area is 279 Å². The molecule has 0 saturated carbocycles. The maximum Gasteiger partial charge on any atom is 0.268 e. The van der Waals surface area contributed by atoms with Crippen molar-refractivity contribution in [2.75, 3.05) is 40.9 Å². The lowest BCUT2D eigenvalue weighted by atomic mass is 10.0. The Kier molecular flexibility index (Phi) is 29.3. The van der Waals surface area contributed by atoms with Crippen LogP contribution in [-0.4, -0.2) is 68.5 Å². The molecule has 9 heteroatoms. The first-order chi connectivity index (χ1) is 21.5. The lowest BCUT2D eigenvalue weighted by Gasteiger charge is -2.30. The summed E-state index contributed by atoms with van der Waals surface area (Å²) in [7, 11) is 1.31. The molecule has 8 nitrogen and oxygen atoms in total. The minimum absolute atomic E-state index is 0.0153. The monoisotopic (exact) mass is 663 g/mol. The molecule has 0 radical (unpaired) electrons.